The van der Waals surface area contributed by atoms with Crippen LogP contribution in [0, 0.1) is 5.82 Å². The lowest BCUT2D eigenvalue weighted by molar-refractivity contribution is -0.138. The van der Waals surface area contributed by atoms with Crippen LogP contribution in [0.3, 0.4) is 0 Å². The number of carbonyl (C=O) groups excluding carboxylic acids is 4. The molecule has 182 valence electrons. The summed E-state index contributed by atoms with van der Waals surface area (Å²) in [7, 11) is 1.57. The van der Waals surface area contributed by atoms with E-state index in [-0.39, 0.29) is 42.6 Å². The van der Waals surface area contributed by atoms with Crippen LogP contribution in [0.1, 0.15) is 22.2 Å². The van der Waals surface area contributed by atoms with Crippen molar-refractivity contribution in [1.29, 1.82) is 0 Å². The Balaban J connectivity index is 1.25. The van der Waals surface area contributed by atoms with Crippen LogP contribution in [0.15, 0.2) is 58.3 Å². The first-order valence-corrected chi connectivity index (χ1v) is 11.3. The molecule has 1 saturated heterocycles. The highest BCUT2D eigenvalue weighted by molar-refractivity contribution is 6.03. The third-order valence-electron chi connectivity index (χ3n) is 6.62. The number of halogens is 1. The first kappa shape index (κ1) is 22.6. The standard InChI is InChI=1S/C24H24FN5O5/c1-27-17-13-30(23(33)20(17)21(26-24(27)34)15-4-6-16(25)7-5-15)14-19(31)28-8-10-29(11-9-28)22(32)18-3-2-12-35-18/h2-7,12,21H,8-11,13-14H2,1H3,(H,26,34). The number of nitrogens with zero attached hydrogens (tertiary/aromatic N) is 4. The Bertz CT molecular complexity index is 1200. The lowest BCUT2D eigenvalue weighted by Crippen LogP contribution is -2.52. The summed E-state index contributed by atoms with van der Waals surface area (Å²) in [6.45, 7) is 1.40. The van der Waals surface area contributed by atoms with Gasteiger partial charge in [-0.05, 0) is 29.8 Å². The highest BCUT2D eigenvalue weighted by Gasteiger charge is 2.43. The van der Waals surface area contributed by atoms with E-state index < -0.39 is 11.9 Å². The van der Waals surface area contributed by atoms with Crippen LogP contribution in [-0.4, -0.2) is 89.7 Å². The summed E-state index contributed by atoms with van der Waals surface area (Å²) in [5.74, 6) is -0.962. The highest BCUT2D eigenvalue weighted by atomic mass is 19.1. The summed E-state index contributed by atoms with van der Waals surface area (Å²) >= 11 is 0. The summed E-state index contributed by atoms with van der Waals surface area (Å²) in [6, 6.07) is 7.75. The Kier molecular flexibility index (Phi) is 5.75. The molecule has 5 rings (SSSR count). The molecule has 0 radical (unpaired) electrons. The fourth-order valence-corrected chi connectivity index (χ4v) is 4.63. The molecule has 0 spiro atoms. The van der Waals surface area contributed by atoms with Gasteiger partial charge in [0.2, 0.25) is 5.91 Å². The fourth-order valence-electron chi connectivity index (χ4n) is 4.63. The minimum Gasteiger partial charge on any atom is -0.459 e. The molecule has 11 heteroatoms. The Morgan fingerprint density at radius 3 is 2.40 bits per heavy atom. The van der Waals surface area contributed by atoms with E-state index in [9.17, 15) is 23.6 Å². The second-order valence-electron chi connectivity index (χ2n) is 8.66. The van der Waals surface area contributed by atoms with Gasteiger partial charge in [0.05, 0.1) is 30.1 Å². The van der Waals surface area contributed by atoms with Gasteiger partial charge in [-0.2, -0.15) is 0 Å². The molecule has 5 amide bonds. The SMILES string of the molecule is CN1C(=O)NC(c2ccc(F)cc2)C2=C1CN(CC(=O)N1CCN(C(=O)c3ccco3)CC1)C2=O. The highest BCUT2D eigenvalue weighted by Crippen LogP contribution is 2.35. The number of carbonyl (C=O) groups is 4. The maximum Gasteiger partial charge on any atom is 0.322 e. The lowest BCUT2D eigenvalue weighted by atomic mass is 9.96. The third-order valence-corrected chi connectivity index (χ3v) is 6.62. The van der Waals surface area contributed by atoms with Crippen molar-refractivity contribution in [2.75, 3.05) is 46.3 Å². The van der Waals surface area contributed by atoms with Gasteiger partial charge in [-0.25, -0.2) is 9.18 Å². The second-order valence-corrected chi connectivity index (χ2v) is 8.66. The molecule has 1 unspecified atom stereocenters. The van der Waals surface area contributed by atoms with Gasteiger partial charge in [-0.3, -0.25) is 19.3 Å². The summed E-state index contributed by atoms with van der Waals surface area (Å²) < 4.78 is 18.6. The Hall–Kier alpha value is -4.15. The molecule has 1 fully saturated rings. The van der Waals surface area contributed by atoms with Gasteiger partial charge in [-0.1, -0.05) is 12.1 Å². The maximum atomic E-state index is 13.4. The average Bonchev–Trinajstić information content (AvgIpc) is 3.51. The van der Waals surface area contributed by atoms with Gasteiger partial charge in [0.25, 0.3) is 11.8 Å². The number of urea groups is 1. The van der Waals surface area contributed by atoms with Crippen LogP contribution < -0.4 is 5.32 Å². The van der Waals surface area contributed by atoms with Gasteiger partial charge >= 0.3 is 6.03 Å². The molecule has 0 bridgehead atoms. The topological polar surface area (TPSA) is 106 Å². The number of hydrogen-bond donors (Lipinski definition) is 1. The van der Waals surface area contributed by atoms with Crippen LogP contribution >= 0.6 is 0 Å². The van der Waals surface area contributed by atoms with E-state index in [4.69, 9.17) is 4.42 Å². The van der Waals surface area contributed by atoms with Crippen molar-refractivity contribution in [3.63, 3.8) is 0 Å². The zero-order valence-electron chi connectivity index (χ0n) is 19.1. The fraction of sp³-hybridized carbons (Fsp3) is 0.333. The van der Waals surface area contributed by atoms with Crippen LogP contribution in [-0.2, 0) is 9.59 Å². The number of benzene rings is 1. The van der Waals surface area contributed by atoms with Crippen molar-refractivity contribution in [1.82, 2.24) is 24.9 Å². The van der Waals surface area contributed by atoms with Crippen molar-refractivity contribution < 1.29 is 28.0 Å². The summed E-state index contributed by atoms with van der Waals surface area (Å²) in [5, 5.41) is 2.79. The lowest BCUT2D eigenvalue weighted by Gasteiger charge is -2.35. The van der Waals surface area contributed by atoms with Gasteiger partial charge in [0, 0.05) is 33.2 Å². The van der Waals surface area contributed by atoms with Crippen molar-refractivity contribution in [3.05, 3.63) is 71.1 Å². The molecule has 3 aliphatic rings. The van der Waals surface area contributed by atoms with Gasteiger partial charge in [0.1, 0.15) is 12.4 Å². The molecule has 3 aliphatic heterocycles. The molecule has 2 aromatic rings. The van der Waals surface area contributed by atoms with E-state index in [0.29, 0.717) is 43.0 Å². The normalized spacial score (nSPS) is 20.3. The Labute approximate surface area is 200 Å². The molecule has 0 saturated carbocycles. The first-order valence-electron chi connectivity index (χ1n) is 11.3. The zero-order chi connectivity index (χ0) is 24.7. The molecule has 35 heavy (non-hydrogen) atoms. The predicted molar refractivity (Wildman–Crippen MR) is 120 cm³/mol. The number of rotatable bonds is 4. The largest absolute Gasteiger partial charge is 0.459 e. The maximum absolute atomic E-state index is 13.4. The van der Waals surface area contributed by atoms with Gasteiger partial charge in [0.15, 0.2) is 5.76 Å². The average molecular weight is 481 g/mol. The smallest absolute Gasteiger partial charge is 0.322 e. The molecule has 10 nitrogen and oxygen atoms in total. The van der Waals surface area contributed by atoms with Crippen molar-refractivity contribution in [2.24, 2.45) is 0 Å². The van der Waals surface area contributed by atoms with E-state index in [2.05, 4.69) is 5.32 Å². The number of nitrogens with one attached hydrogen (secondary N) is 1. The first-order chi connectivity index (χ1) is 16.8. The number of hydrogen-bond acceptors (Lipinski definition) is 5. The molecule has 1 aromatic heterocycles. The van der Waals surface area contributed by atoms with Gasteiger partial charge in [-0.15, -0.1) is 0 Å². The van der Waals surface area contributed by atoms with E-state index in [1.165, 1.54) is 40.3 Å². The minimum absolute atomic E-state index is 0.123. The van der Waals surface area contributed by atoms with Gasteiger partial charge < -0.3 is 24.4 Å². The van der Waals surface area contributed by atoms with E-state index in [1.54, 1.807) is 29.0 Å². The van der Waals surface area contributed by atoms with E-state index in [1.807, 2.05) is 0 Å². The molecule has 1 aromatic carbocycles. The number of piperazine rings is 1. The van der Waals surface area contributed by atoms with Crippen LogP contribution in [0.4, 0.5) is 9.18 Å². The minimum atomic E-state index is -0.724. The predicted octanol–water partition coefficient (Wildman–Crippen LogP) is 1.20. The summed E-state index contributed by atoms with van der Waals surface area (Å²) in [6.07, 6.45) is 1.44. The molecule has 0 aliphatic carbocycles. The van der Waals surface area contributed by atoms with E-state index in [0.717, 1.165) is 0 Å². The van der Waals surface area contributed by atoms with Crippen LogP contribution in [0.25, 0.3) is 0 Å². The van der Waals surface area contributed by atoms with Crippen molar-refractivity contribution in [3.8, 4) is 0 Å². The molecular weight excluding hydrogens is 457 g/mol. The van der Waals surface area contributed by atoms with E-state index >= 15 is 0 Å². The second kappa shape index (κ2) is 8.90. The Morgan fingerprint density at radius 1 is 1.06 bits per heavy atom. The molecule has 1 atom stereocenters. The van der Waals surface area contributed by atoms with Crippen molar-refractivity contribution in [2.45, 2.75) is 6.04 Å². The molecule has 4 heterocycles. The number of likely N-dealkylation sites (N-methyl/N-ethyl adjacent to an activating group) is 1. The van der Waals surface area contributed by atoms with Crippen LogP contribution in [0.2, 0.25) is 0 Å². The number of amides is 5. The number of furan rings is 1. The quantitative estimate of drug-likeness (QED) is 0.706. The summed E-state index contributed by atoms with van der Waals surface area (Å²) in [5.41, 5.74) is 1.48. The summed E-state index contributed by atoms with van der Waals surface area (Å²) in [4.78, 5) is 57.3. The van der Waals surface area contributed by atoms with Crippen LogP contribution in [0.5, 0.6) is 0 Å². The molecular formula is C24H24FN5O5. The Morgan fingerprint density at radius 2 is 1.74 bits per heavy atom. The monoisotopic (exact) mass is 481 g/mol. The molecule has 1 N–H and O–H groups in total. The third kappa shape index (κ3) is 4.13. The zero-order valence-corrected chi connectivity index (χ0v) is 19.1. The van der Waals surface area contributed by atoms with Crippen molar-refractivity contribution >= 4 is 23.8 Å².